The zero-order valence-electron chi connectivity index (χ0n) is 9.23. The van der Waals surface area contributed by atoms with Crippen molar-refractivity contribution in [2.45, 2.75) is 19.9 Å². The summed E-state index contributed by atoms with van der Waals surface area (Å²) in [5.74, 6) is 0.632. The summed E-state index contributed by atoms with van der Waals surface area (Å²) in [5, 5.41) is 1.10. The smallest absolute Gasteiger partial charge is 0.135 e. The molecule has 4 nitrogen and oxygen atoms in total. The van der Waals surface area contributed by atoms with Gasteiger partial charge in [-0.15, -0.1) is 11.3 Å². The second kappa shape index (κ2) is 3.68. The Labute approximate surface area is 98.1 Å². The molecule has 0 atom stereocenters. The molecule has 0 aromatic carbocycles. The van der Waals surface area contributed by atoms with Crippen LogP contribution in [0.2, 0.25) is 0 Å². The predicted molar refractivity (Wildman–Crippen MR) is 66.5 cm³/mol. The normalized spacial score (nSPS) is 16.6. The maximum absolute atomic E-state index is 5.93. The van der Waals surface area contributed by atoms with E-state index in [0.29, 0.717) is 5.82 Å². The minimum absolute atomic E-state index is 0.632. The van der Waals surface area contributed by atoms with Gasteiger partial charge in [0, 0.05) is 18.0 Å². The highest BCUT2D eigenvalue weighted by atomic mass is 32.1. The van der Waals surface area contributed by atoms with Crippen molar-refractivity contribution >= 4 is 27.4 Å². The van der Waals surface area contributed by atoms with Crippen LogP contribution in [-0.4, -0.2) is 28.0 Å². The number of thiophene rings is 1. The monoisotopic (exact) mass is 234 g/mol. The van der Waals surface area contributed by atoms with Gasteiger partial charge in [-0.05, 0) is 18.5 Å². The van der Waals surface area contributed by atoms with E-state index >= 15 is 0 Å². The topological polar surface area (TPSA) is 55.0 Å². The molecule has 0 spiro atoms. The minimum Gasteiger partial charge on any atom is -0.383 e. The predicted octanol–water partition coefficient (Wildman–Crippen LogP) is 1.65. The highest BCUT2D eigenvalue weighted by Gasteiger charge is 2.21. The minimum atomic E-state index is 0.632. The molecule has 84 valence electrons. The van der Waals surface area contributed by atoms with Gasteiger partial charge < -0.3 is 5.73 Å². The van der Waals surface area contributed by atoms with Crippen molar-refractivity contribution in [3.63, 3.8) is 0 Å². The number of aromatic nitrogens is 2. The summed E-state index contributed by atoms with van der Waals surface area (Å²) in [6.07, 6.45) is 2.62. The van der Waals surface area contributed by atoms with Crippen molar-refractivity contribution < 1.29 is 0 Å². The number of nitrogens with zero attached hydrogens (tertiary/aromatic N) is 3. The van der Waals surface area contributed by atoms with Crippen molar-refractivity contribution in [3.05, 3.63) is 16.8 Å². The first-order valence-corrected chi connectivity index (χ1v) is 6.34. The molecule has 0 bridgehead atoms. The van der Waals surface area contributed by atoms with Gasteiger partial charge >= 0.3 is 0 Å². The standard InChI is InChI=1S/C11H14N4S/c1-2-15-4-3-7-8(5-15)16-11-9(7)10(12)13-6-14-11/h6H,2-5H2,1H3,(H2,12,13,14). The van der Waals surface area contributed by atoms with Crippen molar-refractivity contribution in [3.8, 4) is 0 Å². The van der Waals surface area contributed by atoms with Crippen LogP contribution < -0.4 is 5.73 Å². The maximum Gasteiger partial charge on any atom is 0.135 e. The number of anilines is 1. The van der Waals surface area contributed by atoms with Crippen LogP contribution in [0, 0.1) is 0 Å². The molecule has 2 aromatic heterocycles. The third kappa shape index (κ3) is 1.39. The lowest BCUT2D eigenvalue weighted by Crippen LogP contribution is -2.29. The molecule has 3 rings (SSSR count). The van der Waals surface area contributed by atoms with Gasteiger partial charge in [0.15, 0.2) is 0 Å². The second-order valence-electron chi connectivity index (χ2n) is 4.06. The number of rotatable bonds is 1. The Morgan fingerprint density at radius 1 is 1.50 bits per heavy atom. The van der Waals surface area contributed by atoms with E-state index in [1.54, 1.807) is 17.7 Å². The molecule has 5 heteroatoms. The van der Waals surface area contributed by atoms with E-state index < -0.39 is 0 Å². The Bertz CT molecular complexity index is 534. The fourth-order valence-electron chi connectivity index (χ4n) is 2.28. The Balaban J connectivity index is 2.17. The van der Waals surface area contributed by atoms with E-state index in [2.05, 4.69) is 21.8 Å². The zero-order chi connectivity index (χ0) is 11.1. The zero-order valence-corrected chi connectivity index (χ0v) is 10.0. The summed E-state index contributed by atoms with van der Waals surface area (Å²) >= 11 is 1.76. The molecule has 0 unspecified atom stereocenters. The molecule has 16 heavy (non-hydrogen) atoms. The van der Waals surface area contributed by atoms with Crippen LogP contribution in [0.15, 0.2) is 6.33 Å². The van der Waals surface area contributed by atoms with E-state index in [4.69, 9.17) is 5.73 Å². The molecule has 0 aliphatic carbocycles. The number of nitrogen functional groups attached to an aromatic ring is 1. The highest BCUT2D eigenvalue weighted by Crippen LogP contribution is 2.35. The summed E-state index contributed by atoms with van der Waals surface area (Å²) in [6, 6.07) is 0. The van der Waals surface area contributed by atoms with Crippen LogP contribution in [0.25, 0.3) is 10.2 Å². The van der Waals surface area contributed by atoms with Crippen LogP contribution in [0.3, 0.4) is 0 Å². The molecule has 1 aliphatic rings. The third-order valence-corrected chi connectivity index (χ3v) is 4.32. The van der Waals surface area contributed by atoms with Crippen LogP contribution >= 0.6 is 11.3 Å². The molecule has 2 N–H and O–H groups in total. The first-order valence-electron chi connectivity index (χ1n) is 5.52. The van der Waals surface area contributed by atoms with E-state index in [9.17, 15) is 0 Å². The summed E-state index contributed by atoms with van der Waals surface area (Å²) < 4.78 is 0. The molecule has 3 heterocycles. The Morgan fingerprint density at radius 3 is 3.19 bits per heavy atom. The fourth-order valence-corrected chi connectivity index (χ4v) is 3.51. The molecule has 0 saturated heterocycles. The van der Waals surface area contributed by atoms with Crippen molar-refractivity contribution in [1.82, 2.24) is 14.9 Å². The third-order valence-electron chi connectivity index (χ3n) is 3.19. The SMILES string of the molecule is CCN1CCc2c(sc3ncnc(N)c23)C1. The summed E-state index contributed by atoms with van der Waals surface area (Å²) in [6.45, 7) is 5.46. The number of fused-ring (bicyclic) bond motifs is 3. The molecular formula is C11H14N4S. The molecule has 1 aliphatic heterocycles. The number of likely N-dealkylation sites (N-methyl/N-ethyl adjacent to an activating group) is 1. The largest absolute Gasteiger partial charge is 0.383 e. The van der Waals surface area contributed by atoms with Gasteiger partial charge in [-0.25, -0.2) is 9.97 Å². The molecule has 0 amide bonds. The maximum atomic E-state index is 5.93. The van der Waals surface area contributed by atoms with Gasteiger partial charge in [0.05, 0.1) is 5.39 Å². The quantitative estimate of drug-likeness (QED) is 0.815. The molecular weight excluding hydrogens is 220 g/mol. The van der Waals surface area contributed by atoms with Gasteiger partial charge in [-0.2, -0.15) is 0 Å². The van der Waals surface area contributed by atoms with E-state index in [1.165, 1.54) is 10.4 Å². The van der Waals surface area contributed by atoms with Gasteiger partial charge in [0.1, 0.15) is 17.0 Å². The molecule has 0 fully saturated rings. The number of nitrogens with two attached hydrogens (primary N) is 1. The molecule has 0 saturated carbocycles. The number of hydrogen-bond donors (Lipinski definition) is 1. The lowest BCUT2D eigenvalue weighted by Gasteiger charge is -2.25. The average molecular weight is 234 g/mol. The average Bonchev–Trinajstić information content (AvgIpc) is 2.67. The van der Waals surface area contributed by atoms with Gasteiger partial charge in [0.25, 0.3) is 0 Å². The van der Waals surface area contributed by atoms with E-state index in [-0.39, 0.29) is 0 Å². The van der Waals surface area contributed by atoms with Crippen LogP contribution in [0.4, 0.5) is 5.82 Å². The van der Waals surface area contributed by atoms with Crippen LogP contribution in [0.5, 0.6) is 0 Å². The Hall–Kier alpha value is -1.20. The van der Waals surface area contributed by atoms with Crippen LogP contribution in [0.1, 0.15) is 17.4 Å². The second-order valence-corrected chi connectivity index (χ2v) is 5.15. The van der Waals surface area contributed by atoms with Gasteiger partial charge in [0.2, 0.25) is 0 Å². The Kier molecular flexibility index (Phi) is 2.29. The van der Waals surface area contributed by atoms with E-state index in [0.717, 1.165) is 36.3 Å². The first kappa shape index (κ1) is 9.99. The van der Waals surface area contributed by atoms with Gasteiger partial charge in [-0.3, -0.25) is 4.90 Å². The van der Waals surface area contributed by atoms with E-state index in [1.807, 2.05) is 0 Å². The van der Waals surface area contributed by atoms with Crippen molar-refractivity contribution in [1.29, 1.82) is 0 Å². The summed E-state index contributed by atoms with van der Waals surface area (Å²) in [5.41, 5.74) is 7.31. The highest BCUT2D eigenvalue weighted by molar-refractivity contribution is 7.18. The molecule has 2 aromatic rings. The van der Waals surface area contributed by atoms with Crippen molar-refractivity contribution in [2.24, 2.45) is 0 Å². The summed E-state index contributed by atoms with van der Waals surface area (Å²) in [7, 11) is 0. The van der Waals surface area contributed by atoms with Gasteiger partial charge in [-0.1, -0.05) is 6.92 Å². The van der Waals surface area contributed by atoms with Crippen molar-refractivity contribution in [2.75, 3.05) is 18.8 Å². The number of hydrogen-bond acceptors (Lipinski definition) is 5. The Morgan fingerprint density at radius 2 is 2.38 bits per heavy atom. The molecule has 0 radical (unpaired) electrons. The first-order chi connectivity index (χ1) is 7.79. The fraction of sp³-hybridized carbons (Fsp3) is 0.455. The summed E-state index contributed by atoms with van der Waals surface area (Å²) in [4.78, 5) is 13.3. The lowest BCUT2D eigenvalue weighted by atomic mass is 10.1. The van der Waals surface area contributed by atoms with Crippen LogP contribution in [-0.2, 0) is 13.0 Å². The lowest BCUT2D eigenvalue weighted by molar-refractivity contribution is 0.272.